The van der Waals surface area contributed by atoms with E-state index in [4.69, 9.17) is 0 Å². The molecule has 0 aromatic heterocycles. The molecule has 1 aromatic carbocycles. The number of aliphatic hydroxyl groups excluding tert-OH is 1. The van der Waals surface area contributed by atoms with E-state index in [0.717, 1.165) is 25.3 Å². The Bertz CT molecular complexity index is 617. The van der Waals surface area contributed by atoms with Gasteiger partial charge in [0.2, 0.25) is 10.0 Å². The van der Waals surface area contributed by atoms with Gasteiger partial charge in [-0.05, 0) is 18.9 Å². The van der Waals surface area contributed by atoms with E-state index in [2.05, 4.69) is 4.72 Å². The molecule has 0 saturated heterocycles. The molecular formula is C13H18N2O5S. The summed E-state index contributed by atoms with van der Waals surface area (Å²) in [5, 5.41) is 20.9. The van der Waals surface area contributed by atoms with Crippen molar-refractivity contribution in [1.82, 2.24) is 4.72 Å². The number of hydrogen-bond acceptors (Lipinski definition) is 5. The predicted octanol–water partition coefficient (Wildman–Crippen LogP) is 1.57. The minimum atomic E-state index is -4.04. The Morgan fingerprint density at radius 1 is 1.19 bits per heavy atom. The lowest BCUT2D eigenvalue weighted by Crippen LogP contribution is -2.42. The second-order valence-corrected chi connectivity index (χ2v) is 6.84. The van der Waals surface area contributed by atoms with Gasteiger partial charge in [-0.25, -0.2) is 13.1 Å². The van der Waals surface area contributed by atoms with Crippen LogP contribution in [0.15, 0.2) is 29.2 Å². The zero-order valence-corrected chi connectivity index (χ0v) is 12.3. The number of sulfonamides is 1. The quantitative estimate of drug-likeness (QED) is 0.498. The molecule has 2 unspecified atom stereocenters. The minimum absolute atomic E-state index is 0.369. The number of nitro benzene ring substituents is 1. The van der Waals surface area contributed by atoms with Gasteiger partial charge in [-0.15, -0.1) is 0 Å². The summed E-state index contributed by atoms with van der Waals surface area (Å²) in [6, 6.07) is 4.60. The number of para-hydroxylation sites is 1. The predicted molar refractivity (Wildman–Crippen MR) is 76.3 cm³/mol. The standard InChI is InChI=1S/C13H18N2O5S/c16-12-8-3-1-2-6-10(12)14-21(19,20)13-9-5-4-7-11(13)15(17)18/h4-5,7,9-10,12,14,16H,1-3,6,8H2. The summed E-state index contributed by atoms with van der Waals surface area (Å²) >= 11 is 0. The molecule has 1 aliphatic carbocycles. The van der Waals surface area contributed by atoms with E-state index in [1.165, 1.54) is 18.2 Å². The number of rotatable bonds is 4. The van der Waals surface area contributed by atoms with Gasteiger partial charge in [-0.1, -0.05) is 31.4 Å². The Hall–Kier alpha value is -1.51. The molecule has 2 rings (SSSR count). The first-order valence-corrected chi connectivity index (χ1v) is 8.34. The van der Waals surface area contributed by atoms with Crippen molar-refractivity contribution in [1.29, 1.82) is 0 Å². The van der Waals surface area contributed by atoms with Crippen LogP contribution in [-0.4, -0.2) is 30.6 Å². The van der Waals surface area contributed by atoms with Crippen LogP contribution in [0, 0.1) is 10.1 Å². The van der Waals surface area contributed by atoms with Crippen LogP contribution in [0.3, 0.4) is 0 Å². The lowest BCUT2D eigenvalue weighted by atomic mass is 10.1. The number of aliphatic hydroxyl groups is 1. The van der Waals surface area contributed by atoms with Gasteiger partial charge in [-0.3, -0.25) is 10.1 Å². The Morgan fingerprint density at radius 2 is 1.86 bits per heavy atom. The van der Waals surface area contributed by atoms with Crippen LogP contribution in [0.2, 0.25) is 0 Å². The molecule has 0 spiro atoms. The normalized spacial score (nSPS) is 23.5. The maximum absolute atomic E-state index is 12.4. The molecule has 7 nitrogen and oxygen atoms in total. The molecule has 0 amide bonds. The van der Waals surface area contributed by atoms with Crippen LogP contribution in [0.1, 0.15) is 32.1 Å². The summed E-state index contributed by atoms with van der Waals surface area (Å²) in [5.74, 6) is 0. The average molecular weight is 314 g/mol. The van der Waals surface area contributed by atoms with Crippen molar-refractivity contribution < 1.29 is 18.4 Å². The van der Waals surface area contributed by atoms with E-state index >= 15 is 0 Å². The Balaban J connectivity index is 2.28. The Labute approximate surface area is 123 Å². The van der Waals surface area contributed by atoms with Crippen LogP contribution >= 0.6 is 0 Å². The van der Waals surface area contributed by atoms with E-state index in [9.17, 15) is 23.6 Å². The number of benzene rings is 1. The smallest absolute Gasteiger partial charge is 0.289 e. The first-order valence-electron chi connectivity index (χ1n) is 6.85. The summed E-state index contributed by atoms with van der Waals surface area (Å²) < 4.78 is 27.1. The average Bonchev–Trinajstić information content (AvgIpc) is 2.64. The van der Waals surface area contributed by atoms with E-state index in [1.807, 2.05) is 0 Å². The fourth-order valence-electron chi connectivity index (χ4n) is 2.52. The fourth-order valence-corrected chi connectivity index (χ4v) is 4.00. The lowest BCUT2D eigenvalue weighted by Gasteiger charge is -2.21. The SMILES string of the molecule is O=[N+]([O-])c1ccccc1S(=O)(=O)NC1CCCCCC1O. The summed E-state index contributed by atoms with van der Waals surface area (Å²) in [5.41, 5.74) is -0.465. The van der Waals surface area contributed by atoms with Crippen molar-refractivity contribution in [3.05, 3.63) is 34.4 Å². The minimum Gasteiger partial charge on any atom is -0.391 e. The first kappa shape index (κ1) is 15.9. The molecule has 1 aliphatic rings. The summed E-state index contributed by atoms with van der Waals surface area (Å²) in [4.78, 5) is 9.85. The van der Waals surface area contributed by atoms with Gasteiger partial charge >= 0.3 is 0 Å². The topological polar surface area (TPSA) is 110 Å². The number of nitrogens with one attached hydrogen (secondary N) is 1. The van der Waals surface area contributed by atoms with Gasteiger partial charge in [0.15, 0.2) is 4.90 Å². The van der Waals surface area contributed by atoms with Crippen molar-refractivity contribution >= 4 is 15.7 Å². The molecule has 1 aromatic rings. The third-order valence-corrected chi connectivity index (χ3v) is 5.17. The van der Waals surface area contributed by atoms with Crippen LogP contribution < -0.4 is 4.72 Å². The highest BCUT2D eigenvalue weighted by atomic mass is 32.2. The molecule has 0 heterocycles. The van der Waals surface area contributed by atoms with Crippen LogP contribution in [0.5, 0.6) is 0 Å². The Kier molecular flexibility index (Phi) is 4.92. The van der Waals surface area contributed by atoms with Gasteiger partial charge in [0.1, 0.15) is 0 Å². The van der Waals surface area contributed by atoms with Crippen LogP contribution in [0.4, 0.5) is 5.69 Å². The molecule has 2 N–H and O–H groups in total. The van der Waals surface area contributed by atoms with Crippen molar-refractivity contribution in [2.75, 3.05) is 0 Å². The molecular weight excluding hydrogens is 296 g/mol. The second-order valence-electron chi connectivity index (χ2n) is 5.16. The fraction of sp³-hybridized carbons (Fsp3) is 0.538. The van der Waals surface area contributed by atoms with Crippen molar-refractivity contribution in [3.8, 4) is 0 Å². The molecule has 1 fully saturated rings. The molecule has 1 saturated carbocycles. The van der Waals surface area contributed by atoms with E-state index in [0.29, 0.717) is 12.8 Å². The highest BCUT2D eigenvalue weighted by Gasteiger charge is 2.31. The second kappa shape index (κ2) is 6.50. The zero-order valence-electron chi connectivity index (χ0n) is 11.4. The van der Waals surface area contributed by atoms with E-state index in [-0.39, 0.29) is 4.90 Å². The molecule has 0 radical (unpaired) electrons. The largest absolute Gasteiger partial charge is 0.391 e. The molecule has 2 atom stereocenters. The van der Waals surface area contributed by atoms with Crippen LogP contribution in [0.25, 0.3) is 0 Å². The molecule has 0 bridgehead atoms. The number of hydrogen-bond donors (Lipinski definition) is 2. The van der Waals surface area contributed by atoms with Gasteiger partial charge in [0, 0.05) is 12.1 Å². The molecule has 8 heteroatoms. The molecule has 21 heavy (non-hydrogen) atoms. The van der Waals surface area contributed by atoms with Crippen molar-refractivity contribution in [2.24, 2.45) is 0 Å². The lowest BCUT2D eigenvalue weighted by molar-refractivity contribution is -0.387. The first-order chi connectivity index (χ1) is 9.92. The number of nitro groups is 1. The number of nitrogens with zero attached hydrogens (tertiary/aromatic N) is 1. The summed E-state index contributed by atoms with van der Waals surface area (Å²) in [6.07, 6.45) is 2.92. The van der Waals surface area contributed by atoms with E-state index < -0.39 is 32.8 Å². The van der Waals surface area contributed by atoms with Gasteiger partial charge in [0.05, 0.1) is 11.0 Å². The summed E-state index contributed by atoms with van der Waals surface area (Å²) in [6.45, 7) is 0. The summed E-state index contributed by atoms with van der Waals surface area (Å²) in [7, 11) is -4.04. The maximum Gasteiger partial charge on any atom is 0.289 e. The monoisotopic (exact) mass is 314 g/mol. The van der Waals surface area contributed by atoms with Crippen LogP contribution in [-0.2, 0) is 10.0 Å². The van der Waals surface area contributed by atoms with Gasteiger partial charge in [0.25, 0.3) is 5.69 Å². The maximum atomic E-state index is 12.4. The van der Waals surface area contributed by atoms with E-state index in [1.54, 1.807) is 0 Å². The van der Waals surface area contributed by atoms with Crippen molar-refractivity contribution in [3.63, 3.8) is 0 Å². The van der Waals surface area contributed by atoms with Crippen molar-refractivity contribution in [2.45, 2.75) is 49.1 Å². The third kappa shape index (κ3) is 3.78. The highest BCUT2D eigenvalue weighted by molar-refractivity contribution is 7.89. The Morgan fingerprint density at radius 3 is 2.57 bits per heavy atom. The van der Waals surface area contributed by atoms with Gasteiger partial charge in [-0.2, -0.15) is 0 Å². The third-order valence-electron chi connectivity index (χ3n) is 3.64. The molecule has 0 aliphatic heterocycles. The zero-order chi connectivity index (χ0) is 15.5. The molecule has 116 valence electrons. The van der Waals surface area contributed by atoms with Gasteiger partial charge < -0.3 is 5.11 Å². The highest BCUT2D eigenvalue weighted by Crippen LogP contribution is 2.25.